The van der Waals surface area contributed by atoms with Crippen LogP contribution in [0.2, 0.25) is 0 Å². The smallest absolute Gasteiger partial charge is 0.321 e. The van der Waals surface area contributed by atoms with Crippen LogP contribution in [0.15, 0.2) is 5.51 Å². The van der Waals surface area contributed by atoms with E-state index < -0.39 is 0 Å². The van der Waals surface area contributed by atoms with Gasteiger partial charge in [-0.1, -0.05) is 31.1 Å². The zero-order valence-corrected chi connectivity index (χ0v) is 11.9. The Morgan fingerprint density at radius 3 is 3.11 bits per heavy atom. The third-order valence-electron chi connectivity index (χ3n) is 3.33. The number of rotatable bonds is 5. The Morgan fingerprint density at radius 2 is 2.37 bits per heavy atom. The molecule has 1 heterocycles. The molecule has 1 fully saturated rings. The summed E-state index contributed by atoms with van der Waals surface area (Å²) in [6.07, 6.45) is 5.29. The molecule has 1 aliphatic carbocycles. The molecule has 0 saturated heterocycles. The van der Waals surface area contributed by atoms with Gasteiger partial charge in [-0.05, 0) is 18.8 Å². The number of amides is 2. The van der Waals surface area contributed by atoms with Crippen LogP contribution in [-0.2, 0) is 4.74 Å². The van der Waals surface area contributed by atoms with Gasteiger partial charge in [-0.2, -0.15) is 0 Å². The molecule has 6 nitrogen and oxygen atoms in total. The number of anilines is 1. The first kappa shape index (κ1) is 14.2. The van der Waals surface area contributed by atoms with Crippen LogP contribution in [0.3, 0.4) is 0 Å². The van der Waals surface area contributed by atoms with Crippen molar-refractivity contribution in [2.75, 3.05) is 18.5 Å². The highest BCUT2D eigenvalue weighted by Crippen LogP contribution is 2.25. The average Bonchev–Trinajstić information content (AvgIpc) is 2.89. The summed E-state index contributed by atoms with van der Waals surface area (Å²) in [6.45, 7) is 3.30. The maximum atomic E-state index is 11.5. The van der Waals surface area contributed by atoms with Gasteiger partial charge in [-0.25, -0.2) is 4.79 Å². The van der Waals surface area contributed by atoms with Gasteiger partial charge in [0.25, 0.3) is 0 Å². The van der Waals surface area contributed by atoms with Crippen molar-refractivity contribution in [2.45, 2.75) is 38.7 Å². The molecule has 2 rings (SSSR count). The van der Waals surface area contributed by atoms with E-state index in [0.717, 1.165) is 6.42 Å². The van der Waals surface area contributed by atoms with E-state index in [1.54, 1.807) is 5.51 Å². The normalized spacial score (nSPS) is 23.0. The van der Waals surface area contributed by atoms with E-state index in [2.05, 4.69) is 27.8 Å². The number of hydrogen-bond acceptors (Lipinski definition) is 5. The highest BCUT2D eigenvalue weighted by Gasteiger charge is 2.21. The molecule has 2 amide bonds. The van der Waals surface area contributed by atoms with Crippen molar-refractivity contribution in [3.05, 3.63) is 5.51 Å². The number of nitrogens with one attached hydrogen (secondary N) is 2. The summed E-state index contributed by atoms with van der Waals surface area (Å²) in [5.41, 5.74) is 1.57. The first-order valence-electron chi connectivity index (χ1n) is 6.68. The van der Waals surface area contributed by atoms with Crippen LogP contribution in [0.1, 0.15) is 32.6 Å². The minimum Gasteiger partial charge on any atom is -0.376 e. The van der Waals surface area contributed by atoms with Crippen LogP contribution in [0.4, 0.5) is 9.93 Å². The van der Waals surface area contributed by atoms with Gasteiger partial charge in [0, 0.05) is 6.54 Å². The van der Waals surface area contributed by atoms with Crippen LogP contribution in [0, 0.1) is 5.92 Å². The van der Waals surface area contributed by atoms with Crippen LogP contribution in [0.5, 0.6) is 0 Å². The van der Waals surface area contributed by atoms with Gasteiger partial charge in [-0.3, -0.25) is 5.32 Å². The number of nitrogens with zero attached hydrogens (tertiary/aromatic N) is 2. The van der Waals surface area contributed by atoms with E-state index in [1.807, 2.05) is 0 Å². The molecular weight excluding hydrogens is 264 g/mol. The second-order valence-corrected chi connectivity index (χ2v) is 5.63. The maximum absolute atomic E-state index is 11.5. The maximum Gasteiger partial charge on any atom is 0.321 e. The predicted molar refractivity (Wildman–Crippen MR) is 74.3 cm³/mol. The third kappa shape index (κ3) is 4.76. The summed E-state index contributed by atoms with van der Waals surface area (Å²) in [6, 6.07) is -0.267. The lowest BCUT2D eigenvalue weighted by Crippen LogP contribution is -2.34. The summed E-state index contributed by atoms with van der Waals surface area (Å²) >= 11 is 1.29. The largest absolute Gasteiger partial charge is 0.376 e. The van der Waals surface area contributed by atoms with Crippen molar-refractivity contribution < 1.29 is 9.53 Å². The lowest BCUT2D eigenvalue weighted by Gasteiger charge is -2.28. The number of hydrogen-bond donors (Lipinski definition) is 2. The van der Waals surface area contributed by atoms with Gasteiger partial charge in [0.1, 0.15) is 5.51 Å². The summed E-state index contributed by atoms with van der Waals surface area (Å²) in [5, 5.41) is 13.2. The first-order valence-corrected chi connectivity index (χ1v) is 7.56. The SMILES string of the molecule is CC1CCCCC1OCCNC(=O)Nc1nncs1. The Hall–Kier alpha value is -1.21. The highest BCUT2D eigenvalue weighted by atomic mass is 32.1. The zero-order valence-electron chi connectivity index (χ0n) is 11.1. The van der Waals surface area contributed by atoms with Crippen molar-refractivity contribution in [3.63, 3.8) is 0 Å². The van der Waals surface area contributed by atoms with E-state index in [1.165, 1.54) is 30.6 Å². The van der Waals surface area contributed by atoms with Gasteiger partial charge in [0.15, 0.2) is 0 Å². The second-order valence-electron chi connectivity index (χ2n) is 4.80. The third-order valence-corrected chi connectivity index (χ3v) is 3.94. The zero-order chi connectivity index (χ0) is 13.5. The van der Waals surface area contributed by atoms with Gasteiger partial charge in [0.2, 0.25) is 5.13 Å². The molecule has 0 radical (unpaired) electrons. The summed E-state index contributed by atoms with van der Waals surface area (Å²) in [5.74, 6) is 0.629. The van der Waals surface area contributed by atoms with Crippen LogP contribution < -0.4 is 10.6 Å². The lowest BCUT2D eigenvalue weighted by atomic mass is 9.88. The van der Waals surface area contributed by atoms with Crippen molar-refractivity contribution >= 4 is 22.5 Å². The molecule has 0 aliphatic heterocycles. The van der Waals surface area contributed by atoms with Gasteiger partial charge < -0.3 is 10.1 Å². The molecule has 2 unspecified atom stereocenters. The Kier molecular flexibility index (Phi) is 5.53. The van der Waals surface area contributed by atoms with E-state index in [0.29, 0.717) is 30.3 Å². The number of ether oxygens (including phenoxy) is 1. The number of urea groups is 1. The molecule has 0 aromatic carbocycles. The molecule has 0 bridgehead atoms. The monoisotopic (exact) mass is 284 g/mol. The number of carbonyl (C=O) groups is 1. The summed E-state index contributed by atoms with van der Waals surface area (Å²) < 4.78 is 5.81. The Morgan fingerprint density at radius 1 is 1.53 bits per heavy atom. The molecule has 1 aromatic rings. The van der Waals surface area contributed by atoms with Crippen molar-refractivity contribution in [2.24, 2.45) is 5.92 Å². The fraction of sp³-hybridized carbons (Fsp3) is 0.750. The summed E-state index contributed by atoms with van der Waals surface area (Å²) in [4.78, 5) is 11.5. The van der Waals surface area contributed by atoms with Crippen molar-refractivity contribution in [1.82, 2.24) is 15.5 Å². The van der Waals surface area contributed by atoms with Crippen LogP contribution >= 0.6 is 11.3 Å². The summed E-state index contributed by atoms with van der Waals surface area (Å²) in [7, 11) is 0. The second kappa shape index (κ2) is 7.40. The van der Waals surface area contributed by atoms with Crippen LogP contribution in [-0.4, -0.2) is 35.5 Å². The highest BCUT2D eigenvalue weighted by molar-refractivity contribution is 7.13. The van der Waals surface area contributed by atoms with E-state index >= 15 is 0 Å². The Bertz CT molecular complexity index is 385. The molecule has 2 N–H and O–H groups in total. The molecule has 19 heavy (non-hydrogen) atoms. The molecule has 0 spiro atoms. The Balaban J connectivity index is 1.57. The molecule has 1 aromatic heterocycles. The molecule has 2 atom stereocenters. The van der Waals surface area contributed by atoms with E-state index in [9.17, 15) is 4.79 Å². The molecular formula is C12H20N4O2S. The number of carbonyl (C=O) groups excluding carboxylic acids is 1. The quantitative estimate of drug-likeness (QED) is 0.813. The topological polar surface area (TPSA) is 76.1 Å². The Labute approximate surface area is 116 Å². The lowest BCUT2D eigenvalue weighted by molar-refractivity contribution is -0.00232. The van der Waals surface area contributed by atoms with Crippen LogP contribution in [0.25, 0.3) is 0 Å². The van der Waals surface area contributed by atoms with Crippen molar-refractivity contribution in [3.8, 4) is 0 Å². The van der Waals surface area contributed by atoms with Gasteiger partial charge >= 0.3 is 6.03 Å². The predicted octanol–water partition coefficient (Wildman–Crippen LogP) is 2.25. The standard InChI is InChI=1S/C12H20N4O2S/c1-9-4-2-3-5-10(9)18-7-6-13-11(17)15-12-16-14-8-19-12/h8-10H,2-7H2,1H3,(H2,13,15,16,17). The molecule has 1 saturated carbocycles. The van der Waals surface area contributed by atoms with Crippen molar-refractivity contribution in [1.29, 1.82) is 0 Å². The van der Waals surface area contributed by atoms with E-state index in [4.69, 9.17) is 4.74 Å². The molecule has 106 valence electrons. The minimum atomic E-state index is -0.267. The molecule has 7 heteroatoms. The fourth-order valence-corrected chi connectivity index (χ4v) is 2.71. The fourth-order valence-electron chi connectivity index (χ4n) is 2.27. The minimum absolute atomic E-state index is 0.267. The average molecular weight is 284 g/mol. The molecule has 1 aliphatic rings. The number of aromatic nitrogens is 2. The van der Waals surface area contributed by atoms with Gasteiger partial charge in [-0.15, -0.1) is 10.2 Å². The van der Waals surface area contributed by atoms with E-state index in [-0.39, 0.29) is 6.03 Å². The van der Waals surface area contributed by atoms with Gasteiger partial charge in [0.05, 0.1) is 12.7 Å². The first-order chi connectivity index (χ1) is 9.25.